The second kappa shape index (κ2) is 8.19. The Morgan fingerprint density at radius 1 is 1.15 bits per heavy atom. The number of halogens is 3. The number of ether oxygens (including phenoxy) is 1. The summed E-state index contributed by atoms with van der Waals surface area (Å²) >= 11 is 0. The van der Waals surface area contributed by atoms with Gasteiger partial charge in [-0.15, -0.1) is 0 Å². The highest BCUT2D eigenvalue weighted by atomic mass is 19.4. The van der Waals surface area contributed by atoms with Crippen molar-refractivity contribution in [3.63, 3.8) is 0 Å². The molecule has 0 saturated carbocycles. The molecule has 7 nitrogen and oxygen atoms in total. The third-order valence-corrected chi connectivity index (χ3v) is 6.10. The number of aryl methyl sites for hydroxylation is 1. The molecule has 2 aliphatic heterocycles. The van der Waals surface area contributed by atoms with Crippen LogP contribution in [-0.2, 0) is 6.18 Å². The smallest absolute Gasteiger partial charge is 0.416 e. The lowest BCUT2D eigenvalue weighted by molar-refractivity contribution is -0.137. The van der Waals surface area contributed by atoms with Crippen molar-refractivity contribution in [3.05, 3.63) is 59.8 Å². The Kier molecular flexibility index (Phi) is 5.30. The normalized spacial score (nSPS) is 16.9. The summed E-state index contributed by atoms with van der Waals surface area (Å²) in [6.07, 6.45) is -3.71. The first-order valence-electron chi connectivity index (χ1n) is 10.8. The zero-order chi connectivity index (χ0) is 24.0. The van der Waals surface area contributed by atoms with E-state index in [4.69, 9.17) is 4.74 Å². The van der Waals surface area contributed by atoms with Gasteiger partial charge in [0.05, 0.1) is 30.1 Å². The molecule has 2 aliphatic rings. The van der Waals surface area contributed by atoms with Crippen molar-refractivity contribution < 1.29 is 22.7 Å². The molecule has 176 valence electrons. The Labute approximate surface area is 194 Å². The fourth-order valence-electron chi connectivity index (χ4n) is 4.45. The van der Waals surface area contributed by atoms with Gasteiger partial charge in [-0.1, -0.05) is 12.1 Å². The Bertz CT molecular complexity index is 1260. The van der Waals surface area contributed by atoms with E-state index in [2.05, 4.69) is 20.2 Å². The van der Waals surface area contributed by atoms with Gasteiger partial charge in [0.2, 0.25) is 0 Å². The van der Waals surface area contributed by atoms with Gasteiger partial charge in [0.15, 0.2) is 17.4 Å². The zero-order valence-electron chi connectivity index (χ0n) is 18.6. The molecule has 3 aromatic rings. The standard InChI is InChI=1S/C24H22F3N5O2/c1-14-6-9-20(34-2)21(28-14)30-23(33)32-17-10-11-31(13-17)19-8-7-18(29-22(19)32)15-4-3-5-16(12-15)24(25,26)27/h3-9,12,17H,10-11,13H2,1-2H3,(H,28,30,33)/t17-/m0/s1. The summed E-state index contributed by atoms with van der Waals surface area (Å²) in [5, 5.41) is 2.83. The van der Waals surface area contributed by atoms with Crippen LogP contribution in [0.1, 0.15) is 17.7 Å². The highest BCUT2D eigenvalue weighted by Crippen LogP contribution is 2.41. The van der Waals surface area contributed by atoms with E-state index in [1.165, 1.54) is 13.2 Å². The number of hydrogen-bond acceptors (Lipinski definition) is 5. The van der Waals surface area contributed by atoms with E-state index in [9.17, 15) is 18.0 Å². The molecule has 10 heteroatoms. The number of alkyl halides is 3. The average Bonchev–Trinajstić information content (AvgIpc) is 3.22. The fourth-order valence-corrected chi connectivity index (χ4v) is 4.45. The van der Waals surface area contributed by atoms with Crippen LogP contribution in [0.2, 0.25) is 0 Å². The quantitative estimate of drug-likeness (QED) is 0.577. The molecular weight excluding hydrogens is 447 g/mol. The predicted molar refractivity (Wildman–Crippen MR) is 122 cm³/mol. The number of pyridine rings is 2. The number of rotatable bonds is 3. The molecular formula is C24H22F3N5O2. The van der Waals surface area contributed by atoms with Crippen molar-refractivity contribution in [3.8, 4) is 17.0 Å². The summed E-state index contributed by atoms with van der Waals surface area (Å²) in [7, 11) is 1.50. The Morgan fingerprint density at radius 2 is 1.97 bits per heavy atom. The molecule has 34 heavy (non-hydrogen) atoms. The van der Waals surface area contributed by atoms with Crippen molar-refractivity contribution in [1.82, 2.24) is 9.97 Å². The number of urea groups is 1. The lowest BCUT2D eigenvalue weighted by Gasteiger charge is -2.36. The molecule has 2 aromatic heterocycles. The number of nitrogens with one attached hydrogen (secondary N) is 1. The number of benzene rings is 1. The number of fused-ring (bicyclic) bond motifs is 4. The van der Waals surface area contributed by atoms with Crippen LogP contribution >= 0.6 is 0 Å². The minimum Gasteiger partial charge on any atom is -0.493 e. The second-order valence-corrected chi connectivity index (χ2v) is 8.31. The summed E-state index contributed by atoms with van der Waals surface area (Å²) in [4.78, 5) is 26.2. The molecule has 1 atom stereocenters. The van der Waals surface area contributed by atoms with E-state index in [-0.39, 0.29) is 6.04 Å². The monoisotopic (exact) mass is 469 g/mol. The molecule has 1 saturated heterocycles. The van der Waals surface area contributed by atoms with Crippen LogP contribution in [-0.4, -0.2) is 42.2 Å². The van der Waals surface area contributed by atoms with E-state index < -0.39 is 17.8 Å². The number of hydrogen-bond donors (Lipinski definition) is 1. The summed E-state index contributed by atoms with van der Waals surface area (Å²) in [6, 6.07) is 11.5. The molecule has 4 heterocycles. The highest BCUT2D eigenvalue weighted by molar-refractivity contribution is 6.05. The van der Waals surface area contributed by atoms with Gasteiger partial charge in [-0.3, -0.25) is 10.2 Å². The van der Waals surface area contributed by atoms with Gasteiger partial charge in [0, 0.05) is 24.3 Å². The maximum Gasteiger partial charge on any atom is 0.416 e. The third kappa shape index (κ3) is 3.89. The van der Waals surface area contributed by atoms with Crippen LogP contribution in [0.25, 0.3) is 11.3 Å². The molecule has 0 aliphatic carbocycles. The van der Waals surface area contributed by atoms with Gasteiger partial charge in [-0.25, -0.2) is 14.8 Å². The van der Waals surface area contributed by atoms with Crippen LogP contribution < -0.4 is 19.9 Å². The molecule has 1 fully saturated rings. The van der Waals surface area contributed by atoms with Gasteiger partial charge in [0.25, 0.3) is 0 Å². The highest BCUT2D eigenvalue weighted by Gasteiger charge is 2.40. The first-order valence-corrected chi connectivity index (χ1v) is 10.8. The number of aromatic nitrogens is 2. The lowest BCUT2D eigenvalue weighted by Crippen LogP contribution is -2.48. The molecule has 0 radical (unpaired) electrons. The number of methoxy groups -OCH3 is 1. The van der Waals surface area contributed by atoms with Crippen LogP contribution in [0.5, 0.6) is 5.75 Å². The van der Waals surface area contributed by atoms with Crippen molar-refractivity contribution in [1.29, 1.82) is 0 Å². The van der Waals surface area contributed by atoms with E-state index >= 15 is 0 Å². The minimum absolute atomic E-state index is 0.118. The topological polar surface area (TPSA) is 70.6 Å². The number of amides is 2. The SMILES string of the molecule is COc1ccc(C)nc1NC(=O)N1c2nc(-c3cccc(C(F)(F)F)c3)ccc2N2CC[C@H]1C2. The Balaban J connectivity index is 1.53. The van der Waals surface area contributed by atoms with Crippen LogP contribution in [0.4, 0.5) is 35.3 Å². The van der Waals surface area contributed by atoms with Gasteiger partial charge in [-0.2, -0.15) is 13.2 Å². The van der Waals surface area contributed by atoms with Gasteiger partial charge >= 0.3 is 12.2 Å². The first-order chi connectivity index (χ1) is 16.2. The van der Waals surface area contributed by atoms with E-state index in [1.54, 1.807) is 29.2 Å². The summed E-state index contributed by atoms with van der Waals surface area (Å²) in [5.41, 5.74) is 1.42. The number of nitrogens with zero attached hydrogens (tertiary/aromatic N) is 4. The summed E-state index contributed by atoms with van der Waals surface area (Å²) in [5.74, 6) is 1.13. The molecule has 0 unspecified atom stereocenters. The zero-order valence-corrected chi connectivity index (χ0v) is 18.6. The van der Waals surface area contributed by atoms with Crippen molar-refractivity contribution >= 4 is 23.4 Å². The fraction of sp³-hybridized carbons (Fsp3) is 0.292. The van der Waals surface area contributed by atoms with Crippen LogP contribution in [0.3, 0.4) is 0 Å². The molecule has 0 spiro atoms. The first kappa shape index (κ1) is 22.0. The summed E-state index contributed by atoms with van der Waals surface area (Å²) in [6.45, 7) is 3.23. The summed E-state index contributed by atoms with van der Waals surface area (Å²) < 4.78 is 45.0. The lowest BCUT2D eigenvalue weighted by atomic mass is 10.1. The van der Waals surface area contributed by atoms with Crippen LogP contribution in [0.15, 0.2) is 48.5 Å². The van der Waals surface area contributed by atoms with Gasteiger partial charge < -0.3 is 9.64 Å². The molecule has 5 rings (SSSR count). The second-order valence-electron chi connectivity index (χ2n) is 8.31. The Morgan fingerprint density at radius 3 is 2.74 bits per heavy atom. The Hall–Kier alpha value is -3.82. The van der Waals surface area contributed by atoms with E-state index in [1.807, 2.05) is 13.0 Å². The van der Waals surface area contributed by atoms with Gasteiger partial charge in [-0.05, 0) is 49.7 Å². The van der Waals surface area contributed by atoms with Crippen LogP contribution in [0, 0.1) is 6.92 Å². The van der Waals surface area contributed by atoms with Crippen molar-refractivity contribution in [2.75, 3.05) is 35.3 Å². The average molecular weight is 469 g/mol. The molecule has 2 bridgehead atoms. The van der Waals surface area contributed by atoms with E-state index in [0.717, 1.165) is 30.8 Å². The molecule has 1 aromatic carbocycles. The maximum atomic E-state index is 13.4. The predicted octanol–water partition coefficient (Wildman–Crippen LogP) is 5.11. The third-order valence-electron chi connectivity index (χ3n) is 6.10. The number of carbonyl (C=O) groups is 1. The maximum absolute atomic E-state index is 13.4. The molecule has 1 N–H and O–H groups in total. The van der Waals surface area contributed by atoms with Crippen molar-refractivity contribution in [2.45, 2.75) is 25.6 Å². The van der Waals surface area contributed by atoms with E-state index in [0.29, 0.717) is 40.9 Å². The number of carbonyl (C=O) groups excluding carboxylic acids is 1. The largest absolute Gasteiger partial charge is 0.493 e. The molecule has 2 amide bonds. The van der Waals surface area contributed by atoms with Gasteiger partial charge in [0.1, 0.15) is 0 Å². The number of anilines is 3. The van der Waals surface area contributed by atoms with Crippen molar-refractivity contribution in [2.24, 2.45) is 0 Å². The minimum atomic E-state index is -4.46.